The van der Waals surface area contributed by atoms with Crippen LogP contribution in [0, 0.1) is 6.92 Å². The molecular formula is C21H24BClN2O5S. The first kappa shape index (κ1) is 22.1. The molecule has 1 aromatic carbocycles. The second-order valence-electron chi connectivity index (χ2n) is 8.90. The van der Waals surface area contributed by atoms with Crippen LogP contribution in [-0.4, -0.2) is 35.3 Å². The maximum Gasteiger partial charge on any atom is 0.497 e. The Morgan fingerprint density at radius 1 is 1.03 bits per heavy atom. The van der Waals surface area contributed by atoms with Crippen LogP contribution in [0.3, 0.4) is 0 Å². The Hall–Kier alpha value is -2.07. The van der Waals surface area contributed by atoms with Gasteiger partial charge in [-0.25, -0.2) is 12.4 Å². The zero-order valence-electron chi connectivity index (χ0n) is 18.3. The number of rotatable bonds is 3. The molecule has 2 aromatic heterocycles. The minimum absolute atomic E-state index is 0.0414. The second kappa shape index (κ2) is 6.97. The van der Waals surface area contributed by atoms with E-state index in [1.807, 2.05) is 34.6 Å². The Kier molecular flexibility index (Phi) is 4.98. The zero-order chi connectivity index (χ0) is 22.9. The Labute approximate surface area is 186 Å². The number of halogens is 1. The number of hydrogen-bond donors (Lipinski definition) is 0. The molecule has 3 aromatic rings. The van der Waals surface area contributed by atoms with Crippen molar-refractivity contribution in [2.45, 2.75) is 50.7 Å². The van der Waals surface area contributed by atoms with Crippen LogP contribution in [0.15, 0.2) is 46.2 Å². The van der Waals surface area contributed by atoms with Gasteiger partial charge in [-0.15, -0.1) is 0 Å². The lowest BCUT2D eigenvalue weighted by Crippen LogP contribution is -2.41. The van der Waals surface area contributed by atoms with Crippen molar-refractivity contribution in [2.75, 3.05) is 0 Å². The molecule has 0 unspecified atom stereocenters. The van der Waals surface area contributed by atoms with Crippen molar-refractivity contribution in [3.8, 4) is 0 Å². The van der Waals surface area contributed by atoms with Crippen LogP contribution in [0.1, 0.15) is 33.3 Å². The summed E-state index contributed by atoms with van der Waals surface area (Å²) in [6.45, 7) is 9.55. The molecule has 7 nitrogen and oxygen atoms in total. The van der Waals surface area contributed by atoms with Gasteiger partial charge in [0.25, 0.3) is 15.6 Å². The number of pyridine rings is 1. The molecule has 10 heteroatoms. The van der Waals surface area contributed by atoms with Crippen LogP contribution in [0.5, 0.6) is 0 Å². The fourth-order valence-corrected chi connectivity index (χ4v) is 5.45. The highest BCUT2D eigenvalue weighted by molar-refractivity contribution is 7.90. The van der Waals surface area contributed by atoms with Crippen molar-refractivity contribution in [2.24, 2.45) is 7.05 Å². The predicted molar refractivity (Wildman–Crippen MR) is 122 cm³/mol. The van der Waals surface area contributed by atoms with Gasteiger partial charge in [-0.1, -0.05) is 29.3 Å². The Balaban J connectivity index is 1.98. The van der Waals surface area contributed by atoms with Gasteiger partial charge in [0.1, 0.15) is 10.7 Å². The lowest BCUT2D eigenvalue weighted by molar-refractivity contribution is 0.00578. The van der Waals surface area contributed by atoms with Gasteiger partial charge in [0, 0.05) is 24.1 Å². The van der Waals surface area contributed by atoms with E-state index in [1.54, 1.807) is 25.4 Å². The van der Waals surface area contributed by atoms with E-state index in [9.17, 15) is 13.2 Å². The predicted octanol–water partition coefficient (Wildman–Crippen LogP) is 2.84. The normalized spacial score (nSPS) is 18.1. The van der Waals surface area contributed by atoms with E-state index in [0.29, 0.717) is 10.8 Å². The summed E-state index contributed by atoms with van der Waals surface area (Å²) in [5.74, 6) is 0. The number of fused-ring (bicyclic) bond motifs is 1. The van der Waals surface area contributed by atoms with Crippen molar-refractivity contribution >= 4 is 45.1 Å². The van der Waals surface area contributed by atoms with Crippen LogP contribution in [-0.2, 0) is 26.4 Å². The summed E-state index contributed by atoms with van der Waals surface area (Å²) < 4.78 is 41.3. The van der Waals surface area contributed by atoms with E-state index >= 15 is 0 Å². The van der Waals surface area contributed by atoms with Gasteiger partial charge in [-0.3, -0.25) is 4.79 Å². The van der Waals surface area contributed by atoms with E-state index in [-0.39, 0.29) is 15.6 Å². The van der Waals surface area contributed by atoms with Crippen LogP contribution in [0.2, 0.25) is 5.15 Å². The third kappa shape index (κ3) is 3.35. The molecule has 31 heavy (non-hydrogen) atoms. The molecule has 3 heterocycles. The number of hydrogen-bond acceptors (Lipinski definition) is 5. The van der Waals surface area contributed by atoms with Crippen molar-refractivity contribution in [3.05, 3.63) is 57.6 Å². The molecule has 1 aliphatic rings. The smallest absolute Gasteiger partial charge is 0.399 e. The van der Waals surface area contributed by atoms with Crippen LogP contribution in [0.4, 0.5) is 0 Å². The van der Waals surface area contributed by atoms with E-state index in [1.165, 1.54) is 22.8 Å². The first-order valence-electron chi connectivity index (χ1n) is 9.85. The van der Waals surface area contributed by atoms with Gasteiger partial charge in [0.05, 0.1) is 16.1 Å². The number of nitrogens with zero attached hydrogens (tertiary/aromatic N) is 2. The molecule has 0 atom stereocenters. The molecule has 0 radical (unpaired) electrons. The molecule has 0 N–H and O–H groups in total. The summed E-state index contributed by atoms with van der Waals surface area (Å²) in [4.78, 5) is 13.1. The summed E-state index contributed by atoms with van der Waals surface area (Å²) in [6.07, 6.45) is 1.60. The SMILES string of the molecule is Cc1ccc(S(=O)(=O)n2c(Cl)cc3c(B4OC(C)(C)C(C)(C)O4)cn(C)c(=O)c32)cc1. The monoisotopic (exact) mass is 462 g/mol. The highest BCUT2D eigenvalue weighted by Crippen LogP contribution is 2.37. The van der Waals surface area contributed by atoms with E-state index in [2.05, 4.69) is 0 Å². The molecule has 164 valence electrons. The molecule has 1 fully saturated rings. The summed E-state index contributed by atoms with van der Waals surface area (Å²) in [5, 5.41) is 0.291. The second-order valence-corrected chi connectivity index (χ2v) is 11.1. The minimum atomic E-state index is -4.11. The molecule has 1 aliphatic heterocycles. The topological polar surface area (TPSA) is 79.5 Å². The van der Waals surface area contributed by atoms with Gasteiger partial charge < -0.3 is 13.9 Å². The minimum Gasteiger partial charge on any atom is -0.399 e. The van der Waals surface area contributed by atoms with Crippen molar-refractivity contribution in [1.82, 2.24) is 8.54 Å². The molecule has 0 bridgehead atoms. The largest absolute Gasteiger partial charge is 0.497 e. The Bertz CT molecular complexity index is 1340. The number of aryl methyl sites for hydroxylation is 2. The van der Waals surface area contributed by atoms with Gasteiger partial charge in [0.2, 0.25) is 0 Å². The summed E-state index contributed by atoms with van der Waals surface area (Å²) in [6, 6.07) is 7.86. The molecule has 0 spiro atoms. The van der Waals surface area contributed by atoms with Crippen molar-refractivity contribution in [1.29, 1.82) is 0 Å². The Morgan fingerprint density at radius 3 is 2.13 bits per heavy atom. The highest BCUT2D eigenvalue weighted by atomic mass is 35.5. The zero-order valence-corrected chi connectivity index (χ0v) is 19.8. The Morgan fingerprint density at radius 2 is 1.58 bits per heavy atom. The molecule has 4 rings (SSSR count). The molecule has 0 aliphatic carbocycles. The maximum atomic E-state index is 13.4. The molecule has 0 saturated carbocycles. The lowest BCUT2D eigenvalue weighted by Gasteiger charge is -2.32. The quantitative estimate of drug-likeness (QED) is 0.559. The fourth-order valence-electron chi connectivity index (χ4n) is 3.60. The average Bonchev–Trinajstić information content (AvgIpc) is 3.12. The van der Waals surface area contributed by atoms with Crippen LogP contribution in [0.25, 0.3) is 10.9 Å². The number of benzene rings is 1. The van der Waals surface area contributed by atoms with Gasteiger partial charge in [-0.05, 0) is 52.8 Å². The molecule has 1 saturated heterocycles. The highest BCUT2D eigenvalue weighted by Gasteiger charge is 2.52. The van der Waals surface area contributed by atoms with E-state index in [0.717, 1.165) is 9.54 Å². The maximum absolute atomic E-state index is 13.4. The number of aromatic nitrogens is 2. The average molecular weight is 463 g/mol. The van der Waals surface area contributed by atoms with Gasteiger partial charge in [0.15, 0.2) is 0 Å². The van der Waals surface area contributed by atoms with Gasteiger partial charge in [-0.2, -0.15) is 0 Å². The fraction of sp³-hybridized carbons (Fsp3) is 0.381. The third-order valence-corrected chi connectivity index (χ3v) is 8.25. The van der Waals surface area contributed by atoms with Crippen molar-refractivity contribution < 1.29 is 17.7 Å². The standard InChI is InChI=1S/C21H24BClN2O5S/c1-13-7-9-14(10-8-13)31(27,28)25-17(23)11-15-16(12-24(6)19(26)18(15)25)22-29-20(2,3)21(4,5)30-22/h7-12H,1-6H3. The van der Waals surface area contributed by atoms with Crippen LogP contribution < -0.4 is 11.0 Å². The van der Waals surface area contributed by atoms with Gasteiger partial charge >= 0.3 is 7.12 Å². The lowest BCUT2D eigenvalue weighted by atomic mass is 9.78. The van der Waals surface area contributed by atoms with Crippen molar-refractivity contribution in [3.63, 3.8) is 0 Å². The van der Waals surface area contributed by atoms with Crippen LogP contribution >= 0.6 is 11.6 Å². The first-order valence-corrected chi connectivity index (χ1v) is 11.7. The van der Waals surface area contributed by atoms with E-state index < -0.39 is 33.9 Å². The molecule has 0 amide bonds. The summed E-state index contributed by atoms with van der Waals surface area (Å²) in [5.41, 5.74) is -0.270. The summed E-state index contributed by atoms with van der Waals surface area (Å²) in [7, 11) is -3.33. The molecular weight excluding hydrogens is 439 g/mol. The van der Waals surface area contributed by atoms with E-state index in [4.69, 9.17) is 20.9 Å². The third-order valence-electron chi connectivity index (χ3n) is 6.15. The summed E-state index contributed by atoms with van der Waals surface area (Å²) >= 11 is 6.40. The first-order chi connectivity index (χ1) is 14.3.